The summed E-state index contributed by atoms with van der Waals surface area (Å²) in [6, 6.07) is 9.60. The number of ketones is 1. The zero-order valence-corrected chi connectivity index (χ0v) is 15.0. The highest BCUT2D eigenvalue weighted by molar-refractivity contribution is 7.99. The number of hydrogen-bond acceptors (Lipinski definition) is 5. The number of thioether (sulfide) groups is 1. The second-order valence-corrected chi connectivity index (χ2v) is 7.68. The van der Waals surface area contributed by atoms with Gasteiger partial charge in [-0.25, -0.2) is 0 Å². The second-order valence-electron chi connectivity index (χ2n) is 5.04. The van der Waals surface area contributed by atoms with Gasteiger partial charge in [0, 0.05) is 9.90 Å². The number of carbonyl (C=O) groups is 1. The molecule has 0 N–H and O–H groups in total. The summed E-state index contributed by atoms with van der Waals surface area (Å²) in [5.74, 6) is 0.433. The van der Waals surface area contributed by atoms with Crippen LogP contribution >= 0.6 is 34.7 Å². The number of aryl methyl sites for hydroxylation is 2. The molecule has 3 rings (SSSR count). The number of halogens is 1. The van der Waals surface area contributed by atoms with Crippen LogP contribution in [0.2, 0.25) is 5.02 Å². The zero-order chi connectivity index (χ0) is 16.4. The summed E-state index contributed by atoms with van der Waals surface area (Å²) in [5.41, 5.74) is 1.90. The highest BCUT2D eigenvalue weighted by Gasteiger charge is 2.13. The van der Waals surface area contributed by atoms with Crippen molar-refractivity contribution in [2.45, 2.75) is 19.0 Å². The third kappa shape index (κ3) is 3.65. The molecule has 0 bridgehead atoms. The van der Waals surface area contributed by atoms with E-state index in [0.717, 1.165) is 21.0 Å². The summed E-state index contributed by atoms with van der Waals surface area (Å²) in [5, 5.41) is 9.41. The van der Waals surface area contributed by atoms with Crippen molar-refractivity contribution in [1.82, 2.24) is 14.8 Å². The minimum Gasteiger partial charge on any atom is -0.292 e. The fraction of sp³-hybridized carbons (Fsp3) is 0.188. The molecule has 0 amide bonds. The lowest BCUT2D eigenvalue weighted by Gasteiger charge is -2.07. The molecule has 0 atom stereocenters. The van der Waals surface area contributed by atoms with Crippen LogP contribution in [0.1, 0.15) is 20.1 Å². The first-order valence-electron chi connectivity index (χ1n) is 6.93. The van der Waals surface area contributed by atoms with Crippen molar-refractivity contribution in [3.05, 3.63) is 57.0 Å². The number of Topliss-reactive ketones (excluding diaryl/α,β-unsaturated/α-hetero) is 1. The molecule has 1 aromatic carbocycles. The Kier molecular flexibility index (Phi) is 4.84. The predicted octanol–water partition coefficient (Wildman–Crippen LogP) is 4.57. The highest BCUT2D eigenvalue weighted by atomic mass is 35.5. The first-order chi connectivity index (χ1) is 11.0. The second kappa shape index (κ2) is 6.86. The van der Waals surface area contributed by atoms with Crippen LogP contribution in [0.25, 0.3) is 5.69 Å². The normalized spacial score (nSPS) is 10.9. The molecule has 0 saturated carbocycles. The van der Waals surface area contributed by atoms with Crippen molar-refractivity contribution in [1.29, 1.82) is 0 Å². The number of nitrogens with zero attached hydrogens (tertiary/aromatic N) is 3. The number of thiophene rings is 1. The van der Waals surface area contributed by atoms with Crippen LogP contribution in [0.5, 0.6) is 0 Å². The van der Waals surface area contributed by atoms with Gasteiger partial charge in [0.25, 0.3) is 0 Å². The molecule has 0 aliphatic rings. The van der Waals surface area contributed by atoms with E-state index in [9.17, 15) is 4.79 Å². The molecule has 0 saturated heterocycles. The van der Waals surface area contributed by atoms with E-state index in [0.29, 0.717) is 15.9 Å². The molecule has 7 heteroatoms. The number of carbonyl (C=O) groups excluding carboxylic acids is 1. The standard InChI is InChI=1S/C16H14ClN3OS2/c1-10-3-5-12(7-13(10)17)20-9-18-19-16(20)22-8-14(21)15-6-4-11(2)23-15/h3-7,9H,8H2,1-2H3. The molecule has 3 aromatic rings. The summed E-state index contributed by atoms with van der Waals surface area (Å²) >= 11 is 9.07. The van der Waals surface area contributed by atoms with Crippen molar-refractivity contribution >= 4 is 40.5 Å². The van der Waals surface area contributed by atoms with Crippen molar-refractivity contribution in [3.8, 4) is 5.69 Å². The van der Waals surface area contributed by atoms with Crippen LogP contribution in [-0.4, -0.2) is 26.3 Å². The third-order valence-electron chi connectivity index (χ3n) is 3.30. The molecular formula is C16H14ClN3OS2. The molecule has 0 aliphatic heterocycles. The van der Waals surface area contributed by atoms with Crippen LogP contribution in [-0.2, 0) is 0 Å². The first kappa shape index (κ1) is 16.2. The Hall–Kier alpha value is -1.63. The quantitative estimate of drug-likeness (QED) is 0.492. The van der Waals surface area contributed by atoms with E-state index in [4.69, 9.17) is 11.6 Å². The monoisotopic (exact) mass is 363 g/mol. The van der Waals surface area contributed by atoms with E-state index in [1.54, 1.807) is 6.33 Å². The zero-order valence-electron chi connectivity index (χ0n) is 12.6. The Morgan fingerprint density at radius 3 is 2.83 bits per heavy atom. The number of rotatable bonds is 5. The van der Waals surface area contributed by atoms with Crippen LogP contribution in [0.3, 0.4) is 0 Å². The van der Waals surface area contributed by atoms with Gasteiger partial charge in [-0.05, 0) is 43.7 Å². The van der Waals surface area contributed by atoms with Crippen LogP contribution in [0.15, 0.2) is 41.8 Å². The van der Waals surface area contributed by atoms with E-state index >= 15 is 0 Å². The molecule has 2 heterocycles. The molecule has 0 radical (unpaired) electrons. The van der Waals surface area contributed by atoms with E-state index in [2.05, 4.69) is 10.2 Å². The summed E-state index contributed by atoms with van der Waals surface area (Å²) in [6.07, 6.45) is 1.63. The first-order valence-corrected chi connectivity index (χ1v) is 9.11. The number of hydrogen-bond donors (Lipinski definition) is 0. The van der Waals surface area contributed by atoms with E-state index < -0.39 is 0 Å². The molecule has 0 spiro atoms. The average Bonchev–Trinajstić information content (AvgIpc) is 3.16. The fourth-order valence-corrected chi connectivity index (χ4v) is 3.90. The molecule has 2 aromatic heterocycles. The lowest BCUT2D eigenvalue weighted by Crippen LogP contribution is -2.02. The van der Waals surface area contributed by atoms with E-state index in [-0.39, 0.29) is 5.78 Å². The van der Waals surface area contributed by atoms with Crippen molar-refractivity contribution in [3.63, 3.8) is 0 Å². The van der Waals surface area contributed by atoms with Gasteiger partial charge in [-0.2, -0.15) is 0 Å². The van der Waals surface area contributed by atoms with Crippen LogP contribution < -0.4 is 0 Å². The lowest BCUT2D eigenvalue weighted by molar-refractivity contribution is 0.102. The topological polar surface area (TPSA) is 47.8 Å². The molecule has 118 valence electrons. The molecule has 4 nitrogen and oxygen atoms in total. The largest absolute Gasteiger partial charge is 0.292 e. The summed E-state index contributed by atoms with van der Waals surface area (Å²) in [7, 11) is 0. The molecule has 23 heavy (non-hydrogen) atoms. The fourth-order valence-electron chi connectivity index (χ4n) is 2.02. The minimum absolute atomic E-state index is 0.101. The Morgan fingerprint density at radius 1 is 1.30 bits per heavy atom. The van der Waals surface area contributed by atoms with Gasteiger partial charge in [0.05, 0.1) is 16.3 Å². The van der Waals surface area contributed by atoms with E-state index in [1.165, 1.54) is 23.1 Å². The minimum atomic E-state index is 0.101. The Bertz CT molecular complexity index is 857. The maximum Gasteiger partial charge on any atom is 0.196 e. The van der Waals surface area contributed by atoms with Gasteiger partial charge in [0.15, 0.2) is 10.9 Å². The van der Waals surface area contributed by atoms with Crippen molar-refractivity contribution in [2.75, 3.05) is 5.75 Å². The predicted molar refractivity (Wildman–Crippen MR) is 95.2 cm³/mol. The Morgan fingerprint density at radius 2 is 2.13 bits per heavy atom. The van der Waals surface area contributed by atoms with Gasteiger partial charge in [-0.15, -0.1) is 21.5 Å². The summed E-state index contributed by atoms with van der Waals surface area (Å²) in [4.78, 5) is 14.1. The Labute approximate surface area is 147 Å². The van der Waals surface area contributed by atoms with Gasteiger partial charge < -0.3 is 0 Å². The Balaban J connectivity index is 1.76. The maximum absolute atomic E-state index is 12.2. The van der Waals surface area contributed by atoms with Gasteiger partial charge in [0.1, 0.15) is 6.33 Å². The average molecular weight is 364 g/mol. The van der Waals surface area contributed by atoms with Gasteiger partial charge in [0.2, 0.25) is 0 Å². The van der Waals surface area contributed by atoms with Crippen molar-refractivity contribution in [2.24, 2.45) is 0 Å². The molecule has 0 fully saturated rings. The summed E-state index contributed by atoms with van der Waals surface area (Å²) < 4.78 is 1.84. The SMILES string of the molecule is Cc1ccc(C(=O)CSc2nncn2-c2ccc(C)c(Cl)c2)s1. The lowest BCUT2D eigenvalue weighted by atomic mass is 10.2. The summed E-state index contributed by atoms with van der Waals surface area (Å²) in [6.45, 7) is 3.95. The van der Waals surface area contributed by atoms with Crippen molar-refractivity contribution < 1.29 is 4.79 Å². The van der Waals surface area contributed by atoms with Crippen LogP contribution in [0.4, 0.5) is 0 Å². The van der Waals surface area contributed by atoms with Gasteiger partial charge in [-0.3, -0.25) is 9.36 Å². The maximum atomic E-state index is 12.2. The van der Waals surface area contributed by atoms with E-state index in [1.807, 2.05) is 48.7 Å². The highest BCUT2D eigenvalue weighted by Crippen LogP contribution is 2.25. The molecule has 0 unspecified atom stereocenters. The number of benzene rings is 1. The third-order valence-corrected chi connectivity index (χ3v) is 5.69. The van der Waals surface area contributed by atoms with Gasteiger partial charge in [-0.1, -0.05) is 29.4 Å². The molecule has 0 aliphatic carbocycles. The number of aromatic nitrogens is 3. The van der Waals surface area contributed by atoms with Gasteiger partial charge >= 0.3 is 0 Å². The molecular weight excluding hydrogens is 350 g/mol. The smallest absolute Gasteiger partial charge is 0.196 e. The van der Waals surface area contributed by atoms with Crippen LogP contribution in [0, 0.1) is 13.8 Å².